The molecule has 0 unspecified atom stereocenters. The first-order chi connectivity index (χ1) is 3.81. The normalized spacial score (nSPS) is 12.2. The van der Waals surface area contributed by atoms with Crippen molar-refractivity contribution < 1.29 is 4.74 Å². The predicted octanol–water partition coefficient (Wildman–Crippen LogP) is 1.33. The highest BCUT2D eigenvalue weighted by Gasteiger charge is 1.92. The summed E-state index contributed by atoms with van der Waals surface area (Å²) in [7, 11) is 1.58. The molecule has 0 rings (SSSR count). The lowest BCUT2D eigenvalue weighted by Crippen LogP contribution is -2.07. The van der Waals surface area contributed by atoms with E-state index in [1.165, 1.54) is 0 Å². The van der Waals surface area contributed by atoms with E-state index in [4.69, 9.17) is 10.3 Å². The highest BCUT2D eigenvalue weighted by atomic mass is 16.5. The Morgan fingerprint density at radius 3 is 2.88 bits per heavy atom. The third-order valence-corrected chi connectivity index (χ3v) is 0.804. The van der Waals surface area contributed by atoms with Crippen LogP contribution in [-0.2, 0) is 4.74 Å². The van der Waals surface area contributed by atoms with E-state index in [0.717, 1.165) is 0 Å². The fourth-order valence-electron chi connectivity index (χ4n) is 0.226. The zero-order valence-corrected chi connectivity index (χ0v) is 5.03. The molecule has 0 bridgehead atoms. The standard InChI is InChI=1S/C4H9N3O/c1-4(8-2)3-6-7-5/h4H,3H2,1-2H3/t4-/m1/s1. The van der Waals surface area contributed by atoms with Gasteiger partial charge < -0.3 is 4.74 Å². The number of ether oxygens (including phenoxy) is 1. The lowest BCUT2D eigenvalue weighted by atomic mass is 10.4. The van der Waals surface area contributed by atoms with Crippen LogP contribution in [-0.4, -0.2) is 19.8 Å². The molecule has 0 fully saturated rings. The highest BCUT2D eigenvalue weighted by Crippen LogP contribution is 1.86. The largest absolute Gasteiger partial charge is 0.382 e. The fraction of sp³-hybridized carbons (Fsp3) is 1.00. The van der Waals surface area contributed by atoms with Gasteiger partial charge in [0.05, 0.1) is 12.6 Å². The summed E-state index contributed by atoms with van der Waals surface area (Å²) in [6, 6.07) is 0. The van der Waals surface area contributed by atoms with Crippen LogP contribution in [0.1, 0.15) is 6.92 Å². The molecule has 0 aliphatic rings. The summed E-state index contributed by atoms with van der Waals surface area (Å²) in [4.78, 5) is 2.57. The Kier molecular flexibility index (Phi) is 4.03. The molecule has 0 aromatic rings. The lowest BCUT2D eigenvalue weighted by molar-refractivity contribution is 0.125. The molecular weight excluding hydrogens is 106 g/mol. The van der Waals surface area contributed by atoms with Gasteiger partial charge in [0.2, 0.25) is 0 Å². The average molecular weight is 115 g/mol. The van der Waals surface area contributed by atoms with E-state index in [2.05, 4.69) is 10.0 Å². The second-order valence-corrected chi connectivity index (χ2v) is 1.46. The molecule has 1 atom stereocenters. The molecular formula is C4H9N3O. The molecule has 4 nitrogen and oxygen atoms in total. The summed E-state index contributed by atoms with van der Waals surface area (Å²) in [5, 5.41) is 3.30. The van der Waals surface area contributed by atoms with Crippen LogP contribution >= 0.6 is 0 Å². The number of nitrogens with zero attached hydrogens (tertiary/aromatic N) is 3. The fourth-order valence-corrected chi connectivity index (χ4v) is 0.226. The van der Waals surface area contributed by atoms with Gasteiger partial charge in [-0.3, -0.25) is 0 Å². The monoisotopic (exact) mass is 115 g/mol. The molecule has 8 heavy (non-hydrogen) atoms. The Morgan fingerprint density at radius 1 is 1.88 bits per heavy atom. The van der Waals surface area contributed by atoms with Gasteiger partial charge in [-0.15, -0.1) is 0 Å². The Balaban J connectivity index is 3.23. The summed E-state index contributed by atoms with van der Waals surface area (Å²) in [5.74, 6) is 0. The number of methoxy groups -OCH3 is 1. The van der Waals surface area contributed by atoms with Crippen LogP contribution in [0.4, 0.5) is 0 Å². The van der Waals surface area contributed by atoms with Crippen LogP contribution in [0.2, 0.25) is 0 Å². The van der Waals surface area contributed by atoms with Crippen molar-refractivity contribution in [1.29, 1.82) is 0 Å². The molecule has 0 radical (unpaired) electrons. The van der Waals surface area contributed by atoms with Crippen LogP contribution in [0.5, 0.6) is 0 Å². The first-order valence-corrected chi connectivity index (χ1v) is 2.35. The number of azide groups is 1. The molecule has 0 saturated carbocycles. The summed E-state index contributed by atoms with van der Waals surface area (Å²) < 4.78 is 4.79. The van der Waals surface area contributed by atoms with Gasteiger partial charge >= 0.3 is 0 Å². The third-order valence-electron chi connectivity index (χ3n) is 0.804. The van der Waals surface area contributed by atoms with Crippen LogP contribution in [0.3, 0.4) is 0 Å². The van der Waals surface area contributed by atoms with Crippen molar-refractivity contribution in [3.63, 3.8) is 0 Å². The van der Waals surface area contributed by atoms with Gasteiger partial charge in [-0.2, -0.15) is 0 Å². The van der Waals surface area contributed by atoms with E-state index in [-0.39, 0.29) is 6.10 Å². The van der Waals surface area contributed by atoms with Crippen LogP contribution in [0, 0.1) is 0 Å². The van der Waals surface area contributed by atoms with E-state index in [0.29, 0.717) is 6.54 Å². The van der Waals surface area contributed by atoms with Gasteiger partial charge in [0, 0.05) is 12.0 Å². The van der Waals surface area contributed by atoms with Gasteiger partial charge in [0.1, 0.15) is 0 Å². The summed E-state index contributed by atoms with van der Waals surface area (Å²) in [6.45, 7) is 2.25. The maximum absolute atomic E-state index is 7.81. The minimum atomic E-state index is 0.0332. The first kappa shape index (κ1) is 7.27. The van der Waals surface area contributed by atoms with Gasteiger partial charge in [0.15, 0.2) is 0 Å². The van der Waals surface area contributed by atoms with E-state index >= 15 is 0 Å². The molecule has 46 valence electrons. The van der Waals surface area contributed by atoms with Crippen LogP contribution in [0.15, 0.2) is 5.11 Å². The van der Waals surface area contributed by atoms with Crippen LogP contribution < -0.4 is 0 Å². The van der Waals surface area contributed by atoms with Gasteiger partial charge in [-0.1, -0.05) is 5.11 Å². The summed E-state index contributed by atoms with van der Waals surface area (Å²) in [5.41, 5.74) is 7.81. The van der Waals surface area contributed by atoms with E-state index < -0.39 is 0 Å². The lowest BCUT2D eigenvalue weighted by Gasteiger charge is -2.01. The zero-order valence-electron chi connectivity index (χ0n) is 5.03. The van der Waals surface area contributed by atoms with Crippen molar-refractivity contribution in [2.75, 3.05) is 13.7 Å². The van der Waals surface area contributed by atoms with Crippen molar-refractivity contribution in [3.05, 3.63) is 10.4 Å². The molecule has 0 aliphatic heterocycles. The van der Waals surface area contributed by atoms with Gasteiger partial charge in [-0.25, -0.2) is 0 Å². The van der Waals surface area contributed by atoms with Crippen molar-refractivity contribution in [1.82, 2.24) is 0 Å². The maximum atomic E-state index is 7.81. The highest BCUT2D eigenvalue weighted by molar-refractivity contribution is 4.52. The summed E-state index contributed by atoms with van der Waals surface area (Å²) >= 11 is 0. The predicted molar refractivity (Wildman–Crippen MR) is 30.5 cm³/mol. The molecule has 4 heteroatoms. The Labute approximate surface area is 48.1 Å². The molecule has 0 heterocycles. The maximum Gasteiger partial charge on any atom is 0.0599 e. The van der Waals surface area contributed by atoms with E-state index in [1.54, 1.807) is 7.11 Å². The second-order valence-electron chi connectivity index (χ2n) is 1.46. The zero-order chi connectivity index (χ0) is 6.41. The molecule has 0 aliphatic carbocycles. The van der Waals surface area contributed by atoms with Crippen molar-refractivity contribution >= 4 is 0 Å². The molecule has 0 aromatic carbocycles. The minimum Gasteiger partial charge on any atom is -0.382 e. The molecule has 0 amide bonds. The Bertz CT molecular complexity index is 97.5. The third kappa shape index (κ3) is 3.46. The first-order valence-electron chi connectivity index (χ1n) is 2.35. The average Bonchev–Trinajstić information content (AvgIpc) is 1.83. The number of rotatable bonds is 3. The molecule has 0 spiro atoms. The second kappa shape index (κ2) is 4.43. The number of hydrogen-bond donors (Lipinski definition) is 0. The van der Waals surface area contributed by atoms with E-state index in [1.807, 2.05) is 6.92 Å². The van der Waals surface area contributed by atoms with Crippen molar-refractivity contribution in [2.45, 2.75) is 13.0 Å². The minimum absolute atomic E-state index is 0.0332. The smallest absolute Gasteiger partial charge is 0.0599 e. The SMILES string of the molecule is CO[C@H](C)CN=[N+]=[N-]. The summed E-state index contributed by atoms with van der Waals surface area (Å²) in [6.07, 6.45) is 0.0332. The molecule has 0 saturated heterocycles. The van der Waals surface area contributed by atoms with Crippen molar-refractivity contribution in [2.24, 2.45) is 5.11 Å². The number of hydrogen-bond acceptors (Lipinski definition) is 2. The topological polar surface area (TPSA) is 58.0 Å². The molecule has 0 aromatic heterocycles. The van der Waals surface area contributed by atoms with Crippen molar-refractivity contribution in [3.8, 4) is 0 Å². The van der Waals surface area contributed by atoms with E-state index in [9.17, 15) is 0 Å². The molecule has 0 N–H and O–H groups in total. The quantitative estimate of drug-likeness (QED) is 0.311. The Hall–Kier alpha value is -0.730. The van der Waals surface area contributed by atoms with Gasteiger partial charge in [-0.05, 0) is 12.5 Å². The Morgan fingerprint density at radius 2 is 2.50 bits per heavy atom. The van der Waals surface area contributed by atoms with Gasteiger partial charge in [0.25, 0.3) is 0 Å². The van der Waals surface area contributed by atoms with Crippen LogP contribution in [0.25, 0.3) is 10.4 Å².